The molecule has 0 unspecified atom stereocenters. The molecule has 0 N–H and O–H groups in total. The van der Waals surface area contributed by atoms with Gasteiger partial charge in [-0.2, -0.15) is 0 Å². The molecule has 24 heavy (non-hydrogen) atoms. The normalized spacial score (nSPS) is 13.0. The second-order valence-corrected chi connectivity index (χ2v) is 5.65. The van der Waals surface area contributed by atoms with Crippen molar-refractivity contribution < 1.29 is 19.1 Å². The van der Waals surface area contributed by atoms with Crippen molar-refractivity contribution >= 4 is 17.4 Å². The summed E-state index contributed by atoms with van der Waals surface area (Å²) in [6, 6.07) is 14.8. The SMILES string of the molecule is CC(=O)c1ccc2c(c1)N(CC(=O)OCc1ccccc1)CCO2. The van der Waals surface area contributed by atoms with Gasteiger partial charge < -0.3 is 14.4 Å². The van der Waals surface area contributed by atoms with E-state index in [9.17, 15) is 9.59 Å². The molecule has 3 rings (SSSR count). The predicted molar refractivity (Wildman–Crippen MR) is 90.4 cm³/mol. The van der Waals surface area contributed by atoms with Crippen molar-refractivity contribution in [3.63, 3.8) is 0 Å². The number of benzene rings is 2. The van der Waals surface area contributed by atoms with Gasteiger partial charge in [0.15, 0.2) is 5.78 Å². The summed E-state index contributed by atoms with van der Waals surface area (Å²) in [6.45, 7) is 2.98. The standard InChI is InChI=1S/C19H19NO4/c1-14(21)16-7-8-18-17(11-16)20(9-10-23-18)12-19(22)24-13-15-5-3-2-4-6-15/h2-8,11H,9-10,12-13H2,1H3. The fourth-order valence-corrected chi connectivity index (χ4v) is 2.60. The van der Waals surface area contributed by atoms with E-state index in [4.69, 9.17) is 9.47 Å². The van der Waals surface area contributed by atoms with Crippen LogP contribution in [0.15, 0.2) is 48.5 Å². The summed E-state index contributed by atoms with van der Waals surface area (Å²) in [4.78, 5) is 25.6. The molecule has 0 spiro atoms. The Kier molecular flexibility index (Phi) is 4.79. The molecule has 0 radical (unpaired) electrons. The van der Waals surface area contributed by atoms with Crippen LogP contribution in [0.4, 0.5) is 5.69 Å². The average molecular weight is 325 g/mol. The number of hydrogen-bond acceptors (Lipinski definition) is 5. The lowest BCUT2D eigenvalue weighted by Gasteiger charge is -2.30. The van der Waals surface area contributed by atoms with Gasteiger partial charge >= 0.3 is 5.97 Å². The van der Waals surface area contributed by atoms with E-state index in [1.165, 1.54) is 6.92 Å². The number of carbonyl (C=O) groups is 2. The Morgan fingerprint density at radius 2 is 1.96 bits per heavy atom. The molecular weight excluding hydrogens is 306 g/mol. The van der Waals surface area contributed by atoms with Crippen LogP contribution < -0.4 is 9.64 Å². The third kappa shape index (κ3) is 3.74. The fourth-order valence-electron chi connectivity index (χ4n) is 2.60. The topological polar surface area (TPSA) is 55.8 Å². The van der Waals surface area contributed by atoms with Crippen molar-refractivity contribution in [2.75, 3.05) is 24.6 Å². The minimum absolute atomic E-state index is 0.0185. The van der Waals surface area contributed by atoms with Crippen LogP contribution >= 0.6 is 0 Å². The molecule has 2 aromatic rings. The second kappa shape index (κ2) is 7.17. The number of hydrogen-bond donors (Lipinski definition) is 0. The van der Waals surface area contributed by atoms with E-state index < -0.39 is 0 Å². The number of esters is 1. The summed E-state index contributed by atoms with van der Waals surface area (Å²) in [5.74, 6) is 0.358. The molecule has 0 saturated heterocycles. The summed E-state index contributed by atoms with van der Waals surface area (Å²) in [6.07, 6.45) is 0. The Balaban J connectivity index is 1.67. The van der Waals surface area contributed by atoms with E-state index >= 15 is 0 Å². The molecule has 0 aromatic heterocycles. The number of nitrogens with zero attached hydrogens (tertiary/aromatic N) is 1. The van der Waals surface area contributed by atoms with Crippen molar-refractivity contribution in [3.8, 4) is 5.75 Å². The first-order valence-electron chi connectivity index (χ1n) is 7.86. The van der Waals surface area contributed by atoms with Crippen LogP contribution in [0.25, 0.3) is 0 Å². The monoisotopic (exact) mass is 325 g/mol. The van der Waals surface area contributed by atoms with Crippen molar-refractivity contribution in [1.29, 1.82) is 0 Å². The van der Waals surface area contributed by atoms with Gasteiger partial charge in [0.25, 0.3) is 0 Å². The number of carbonyl (C=O) groups excluding carboxylic acids is 2. The van der Waals surface area contributed by atoms with Gasteiger partial charge in [-0.1, -0.05) is 30.3 Å². The summed E-state index contributed by atoms with van der Waals surface area (Å²) < 4.78 is 10.9. The van der Waals surface area contributed by atoms with Crippen LogP contribution in [-0.2, 0) is 16.1 Å². The Bertz CT molecular complexity index is 742. The molecule has 0 aliphatic carbocycles. The molecule has 0 saturated carbocycles. The van der Waals surface area contributed by atoms with Gasteiger partial charge in [0.1, 0.15) is 25.5 Å². The number of Topliss-reactive ketones (excluding diaryl/α,β-unsaturated/α-hetero) is 1. The molecule has 0 bridgehead atoms. The quantitative estimate of drug-likeness (QED) is 0.625. The maximum Gasteiger partial charge on any atom is 0.325 e. The highest BCUT2D eigenvalue weighted by atomic mass is 16.5. The maximum absolute atomic E-state index is 12.1. The molecule has 2 aromatic carbocycles. The van der Waals surface area contributed by atoms with E-state index in [0.29, 0.717) is 24.5 Å². The highest BCUT2D eigenvalue weighted by Gasteiger charge is 2.22. The Morgan fingerprint density at radius 3 is 2.71 bits per heavy atom. The third-order valence-electron chi connectivity index (χ3n) is 3.89. The first kappa shape index (κ1) is 16.1. The highest BCUT2D eigenvalue weighted by molar-refractivity contribution is 5.95. The van der Waals surface area contributed by atoms with Gasteiger partial charge in [-0.05, 0) is 30.7 Å². The average Bonchev–Trinajstić information content (AvgIpc) is 2.61. The van der Waals surface area contributed by atoms with Crippen LogP contribution in [0.2, 0.25) is 0 Å². The summed E-state index contributed by atoms with van der Waals surface area (Å²) >= 11 is 0. The van der Waals surface area contributed by atoms with E-state index in [2.05, 4.69) is 0 Å². The van der Waals surface area contributed by atoms with Gasteiger partial charge in [0.2, 0.25) is 0 Å². The fraction of sp³-hybridized carbons (Fsp3) is 0.263. The minimum Gasteiger partial charge on any atom is -0.490 e. The van der Waals surface area contributed by atoms with Crippen molar-refractivity contribution in [2.24, 2.45) is 0 Å². The van der Waals surface area contributed by atoms with Gasteiger partial charge in [0, 0.05) is 5.56 Å². The lowest BCUT2D eigenvalue weighted by molar-refractivity contribution is -0.143. The van der Waals surface area contributed by atoms with Gasteiger partial charge in [-0.3, -0.25) is 9.59 Å². The molecule has 1 heterocycles. The van der Waals surface area contributed by atoms with Crippen molar-refractivity contribution in [3.05, 3.63) is 59.7 Å². The number of fused-ring (bicyclic) bond motifs is 1. The zero-order valence-electron chi connectivity index (χ0n) is 13.5. The van der Waals surface area contributed by atoms with E-state index in [1.54, 1.807) is 18.2 Å². The maximum atomic E-state index is 12.1. The first-order valence-corrected chi connectivity index (χ1v) is 7.86. The van der Waals surface area contributed by atoms with Crippen molar-refractivity contribution in [2.45, 2.75) is 13.5 Å². The van der Waals surface area contributed by atoms with E-state index in [-0.39, 0.29) is 24.9 Å². The molecule has 1 aliphatic rings. The molecule has 0 amide bonds. The third-order valence-corrected chi connectivity index (χ3v) is 3.89. The number of rotatable bonds is 5. The smallest absolute Gasteiger partial charge is 0.325 e. The Hall–Kier alpha value is -2.82. The van der Waals surface area contributed by atoms with Crippen LogP contribution in [0.1, 0.15) is 22.8 Å². The lowest BCUT2D eigenvalue weighted by atomic mass is 10.1. The molecule has 5 nitrogen and oxygen atoms in total. The van der Waals surface area contributed by atoms with E-state index in [0.717, 1.165) is 11.3 Å². The number of ketones is 1. The van der Waals surface area contributed by atoms with Crippen molar-refractivity contribution in [1.82, 2.24) is 0 Å². The Morgan fingerprint density at radius 1 is 1.17 bits per heavy atom. The minimum atomic E-state index is -0.306. The zero-order chi connectivity index (χ0) is 16.9. The van der Waals surface area contributed by atoms with Gasteiger partial charge in [0.05, 0.1) is 12.2 Å². The first-order chi connectivity index (χ1) is 11.6. The molecule has 5 heteroatoms. The molecular formula is C19H19NO4. The second-order valence-electron chi connectivity index (χ2n) is 5.65. The van der Waals surface area contributed by atoms with Crippen LogP contribution in [0.3, 0.4) is 0 Å². The Labute approximate surface area is 140 Å². The number of anilines is 1. The van der Waals surface area contributed by atoms with E-state index in [1.807, 2.05) is 35.2 Å². The van der Waals surface area contributed by atoms with Gasteiger partial charge in [-0.25, -0.2) is 0 Å². The van der Waals surface area contributed by atoms with Crippen LogP contribution in [0.5, 0.6) is 5.75 Å². The summed E-state index contributed by atoms with van der Waals surface area (Å²) in [7, 11) is 0. The largest absolute Gasteiger partial charge is 0.490 e. The predicted octanol–water partition coefficient (Wildman–Crippen LogP) is 2.83. The van der Waals surface area contributed by atoms with Gasteiger partial charge in [-0.15, -0.1) is 0 Å². The lowest BCUT2D eigenvalue weighted by Crippen LogP contribution is -2.37. The number of ether oxygens (including phenoxy) is 2. The summed E-state index contributed by atoms with van der Waals surface area (Å²) in [5, 5.41) is 0. The molecule has 0 atom stereocenters. The zero-order valence-corrected chi connectivity index (χ0v) is 13.5. The molecule has 1 aliphatic heterocycles. The summed E-state index contributed by atoms with van der Waals surface area (Å²) in [5.41, 5.74) is 2.31. The molecule has 0 fully saturated rings. The highest BCUT2D eigenvalue weighted by Crippen LogP contribution is 2.32. The van der Waals surface area contributed by atoms with Crippen LogP contribution in [-0.4, -0.2) is 31.4 Å². The van der Waals surface area contributed by atoms with Crippen LogP contribution in [0, 0.1) is 0 Å². The molecule has 124 valence electrons.